The number of hydrogen-bond acceptors (Lipinski definition) is 3. The van der Waals surface area contributed by atoms with Crippen molar-refractivity contribution in [1.82, 2.24) is 9.13 Å². The molecule has 1 atom stereocenters. The Labute approximate surface area is 121 Å². The average Bonchev–Trinajstić information content (AvgIpc) is 2.97. The lowest BCUT2D eigenvalue weighted by atomic mass is 10.1. The van der Waals surface area contributed by atoms with Gasteiger partial charge in [0.1, 0.15) is 0 Å². The van der Waals surface area contributed by atoms with Crippen LogP contribution >= 0.6 is 11.3 Å². The van der Waals surface area contributed by atoms with Crippen molar-refractivity contribution in [2.75, 3.05) is 0 Å². The summed E-state index contributed by atoms with van der Waals surface area (Å²) in [4.78, 5) is 14.3. The molecule has 2 aromatic heterocycles. The van der Waals surface area contributed by atoms with E-state index in [1.165, 1.54) is 4.88 Å². The molecule has 5 heteroatoms. The molecule has 0 saturated heterocycles. The Kier molecular flexibility index (Phi) is 3.03. The van der Waals surface area contributed by atoms with E-state index in [9.17, 15) is 4.79 Å². The molecule has 0 amide bonds. The highest BCUT2D eigenvalue weighted by atomic mass is 32.1. The molecule has 104 valence electrons. The molecule has 0 saturated carbocycles. The highest BCUT2D eigenvalue weighted by Gasteiger charge is 2.14. The number of aryl methyl sites for hydroxylation is 3. The van der Waals surface area contributed by atoms with Crippen molar-refractivity contribution in [1.29, 1.82) is 0 Å². The van der Waals surface area contributed by atoms with E-state index in [-0.39, 0.29) is 11.7 Å². The van der Waals surface area contributed by atoms with Crippen LogP contribution in [0.5, 0.6) is 0 Å². The molecule has 2 N–H and O–H groups in total. The zero-order valence-electron chi connectivity index (χ0n) is 11.8. The third kappa shape index (κ3) is 1.90. The fraction of sp³-hybridized carbons (Fsp3) is 0.267. The lowest BCUT2D eigenvalue weighted by Crippen LogP contribution is -2.19. The molecule has 20 heavy (non-hydrogen) atoms. The van der Waals surface area contributed by atoms with E-state index in [1.54, 1.807) is 34.6 Å². The highest BCUT2D eigenvalue weighted by Crippen LogP contribution is 2.28. The molecule has 4 nitrogen and oxygen atoms in total. The molecular formula is C15H17N3OS. The van der Waals surface area contributed by atoms with Gasteiger partial charge in [-0.05, 0) is 36.8 Å². The molecule has 0 aliphatic carbocycles. The smallest absolute Gasteiger partial charge is 0.320 e. The SMILES string of the molecule is Cc1ccc(C(N)c2ccc3c(c2)n(C)c(=O)n3C)s1. The van der Waals surface area contributed by atoms with Gasteiger partial charge < -0.3 is 5.73 Å². The second-order valence-electron chi connectivity index (χ2n) is 5.07. The minimum atomic E-state index is -0.145. The van der Waals surface area contributed by atoms with Gasteiger partial charge in [0, 0.05) is 23.8 Å². The molecule has 2 heterocycles. The summed E-state index contributed by atoms with van der Waals surface area (Å²) >= 11 is 1.71. The largest absolute Gasteiger partial charge is 0.328 e. The summed E-state index contributed by atoms with van der Waals surface area (Å²) in [6.45, 7) is 2.07. The maximum Gasteiger partial charge on any atom is 0.328 e. The topological polar surface area (TPSA) is 52.9 Å². The van der Waals surface area contributed by atoms with Crippen molar-refractivity contribution < 1.29 is 0 Å². The minimum Gasteiger partial charge on any atom is -0.320 e. The fourth-order valence-electron chi connectivity index (χ4n) is 2.50. The number of hydrogen-bond donors (Lipinski definition) is 1. The molecule has 1 aromatic carbocycles. The molecule has 1 unspecified atom stereocenters. The van der Waals surface area contributed by atoms with Crippen LogP contribution in [-0.2, 0) is 14.1 Å². The van der Waals surface area contributed by atoms with E-state index in [2.05, 4.69) is 19.1 Å². The van der Waals surface area contributed by atoms with Gasteiger partial charge in [0.15, 0.2) is 0 Å². The zero-order chi connectivity index (χ0) is 14.4. The average molecular weight is 287 g/mol. The lowest BCUT2D eigenvalue weighted by Gasteiger charge is -2.10. The molecule has 0 aliphatic heterocycles. The van der Waals surface area contributed by atoms with Crippen LogP contribution in [0.3, 0.4) is 0 Å². The van der Waals surface area contributed by atoms with Crippen molar-refractivity contribution in [3.63, 3.8) is 0 Å². The summed E-state index contributed by atoms with van der Waals surface area (Å²) < 4.78 is 3.31. The number of aromatic nitrogens is 2. The van der Waals surface area contributed by atoms with Crippen LogP contribution in [0.4, 0.5) is 0 Å². The predicted molar refractivity (Wildman–Crippen MR) is 83.2 cm³/mol. The fourth-order valence-corrected chi connectivity index (χ4v) is 3.41. The standard InChI is InChI=1S/C15H17N3OS/c1-9-4-7-13(20-9)14(16)10-5-6-11-12(8-10)18(3)15(19)17(11)2/h4-8,14H,16H2,1-3H3. The van der Waals surface area contributed by atoms with Crippen LogP contribution in [0.15, 0.2) is 35.1 Å². The van der Waals surface area contributed by atoms with Gasteiger partial charge in [-0.25, -0.2) is 4.79 Å². The third-order valence-electron chi connectivity index (χ3n) is 3.72. The highest BCUT2D eigenvalue weighted by molar-refractivity contribution is 7.12. The van der Waals surface area contributed by atoms with Gasteiger partial charge in [-0.3, -0.25) is 9.13 Å². The Bertz CT molecular complexity index is 841. The van der Waals surface area contributed by atoms with Crippen LogP contribution in [0.1, 0.15) is 21.4 Å². The Morgan fingerprint density at radius 1 is 1.10 bits per heavy atom. The zero-order valence-corrected chi connectivity index (χ0v) is 12.6. The maximum atomic E-state index is 11.9. The molecule has 0 bridgehead atoms. The Morgan fingerprint density at radius 3 is 2.45 bits per heavy atom. The lowest BCUT2D eigenvalue weighted by molar-refractivity contribution is 0.795. The van der Waals surface area contributed by atoms with E-state index in [0.717, 1.165) is 21.5 Å². The van der Waals surface area contributed by atoms with Crippen LogP contribution in [0.2, 0.25) is 0 Å². The molecule has 3 aromatic rings. The third-order valence-corrected chi connectivity index (χ3v) is 4.81. The molecule has 3 rings (SSSR count). The number of nitrogens with zero attached hydrogens (tertiary/aromatic N) is 2. The monoisotopic (exact) mass is 287 g/mol. The minimum absolute atomic E-state index is 0.0160. The van der Waals surface area contributed by atoms with Crippen molar-refractivity contribution in [2.24, 2.45) is 19.8 Å². The van der Waals surface area contributed by atoms with E-state index < -0.39 is 0 Å². The number of rotatable bonds is 2. The molecular weight excluding hydrogens is 270 g/mol. The van der Waals surface area contributed by atoms with Crippen molar-refractivity contribution >= 4 is 22.4 Å². The van der Waals surface area contributed by atoms with E-state index in [4.69, 9.17) is 5.73 Å². The predicted octanol–water partition coefficient (Wildman–Crippen LogP) is 2.30. The first-order valence-electron chi connectivity index (χ1n) is 6.46. The summed E-state index contributed by atoms with van der Waals surface area (Å²) in [6, 6.07) is 9.98. The first-order valence-corrected chi connectivity index (χ1v) is 7.28. The van der Waals surface area contributed by atoms with Gasteiger partial charge in [0.25, 0.3) is 0 Å². The summed E-state index contributed by atoms with van der Waals surface area (Å²) in [5.74, 6) is 0. The summed E-state index contributed by atoms with van der Waals surface area (Å²) in [5, 5.41) is 0. The van der Waals surface area contributed by atoms with Gasteiger partial charge in [-0.1, -0.05) is 6.07 Å². The Hall–Kier alpha value is -1.85. The second-order valence-corrected chi connectivity index (χ2v) is 6.39. The van der Waals surface area contributed by atoms with Gasteiger partial charge in [-0.15, -0.1) is 11.3 Å². The summed E-state index contributed by atoms with van der Waals surface area (Å²) in [7, 11) is 3.57. The molecule has 0 fully saturated rings. The van der Waals surface area contributed by atoms with Gasteiger partial charge in [0.05, 0.1) is 17.1 Å². The summed E-state index contributed by atoms with van der Waals surface area (Å²) in [6.07, 6.45) is 0. The molecule has 0 radical (unpaired) electrons. The van der Waals surface area contributed by atoms with Crippen LogP contribution in [0, 0.1) is 6.92 Å². The van der Waals surface area contributed by atoms with Gasteiger partial charge in [0.2, 0.25) is 0 Å². The maximum absolute atomic E-state index is 11.9. The second kappa shape index (κ2) is 4.61. The molecule has 0 spiro atoms. The number of nitrogens with two attached hydrogens (primary N) is 1. The van der Waals surface area contributed by atoms with Gasteiger partial charge in [-0.2, -0.15) is 0 Å². The number of benzene rings is 1. The number of thiophene rings is 1. The van der Waals surface area contributed by atoms with E-state index >= 15 is 0 Å². The summed E-state index contributed by atoms with van der Waals surface area (Å²) in [5.41, 5.74) is 9.19. The van der Waals surface area contributed by atoms with Crippen LogP contribution in [0.25, 0.3) is 11.0 Å². The Balaban J connectivity index is 2.14. The van der Waals surface area contributed by atoms with Gasteiger partial charge >= 0.3 is 5.69 Å². The van der Waals surface area contributed by atoms with Crippen molar-refractivity contribution in [3.8, 4) is 0 Å². The number of imidazole rings is 1. The first-order chi connectivity index (χ1) is 9.49. The van der Waals surface area contributed by atoms with E-state index in [0.29, 0.717) is 0 Å². The quantitative estimate of drug-likeness (QED) is 0.786. The Morgan fingerprint density at radius 2 is 1.80 bits per heavy atom. The van der Waals surface area contributed by atoms with Crippen molar-refractivity contribution in [3.05, 3.63) is 56.1 Å². The van der Waals surface area contributed by atoms with Crippen molar-refractivity contribution in [2.45, 2.75) is 13.0 Å². The van der Waals surface area contributed by atoms with E-state index in [1.807, 2.05) is 18.2 Å². The van der Waals surface area contributed by atoms with Crippen LogP contribution in [-0.4, -0.2) is 9.13 Å². The number of fused-ring (bicyclic) bond motifs is 1. The van der Waals surface area contributed by atoms with Crippen LogP contribution < -0.4 is 11.4 Å². The normalized spacial score (nSPS) is 13.0. The molecule has 0 aliphatic rings. The first kappa shape index (κ1) is 13.1.